The summed E-state index contributed by atoms with van der Waals surface area (Å²) < 4.78 is -0.268. The summed E-state index contributed by atoms with van der Waals surface area (Å²) in [4.78, 5) is 15.1. The van der Waals surface area contributed by atoms with E-state index in [0.29, 0.717) is 13.1 Å². The topological polar surface area (TPSA) is 20.3 Å². The first kappa shape index (κ1) is 16.7. The molecule has 1 atom stereocenters. The molecule has 0 radical (unpaired) electrons. The molecule has 0 aliphatic heterocycles. The third-order valence-corrected chi connectivity index (χ3v) is 6.76. The van der Waals surface area contributed by atoms with Crippen LogP contribution in [0.3, 0.4) is 0 Å². The van der Waals surface area contributed by atoms with E-state index in [0.717, 1.165) is 17.5 Å². The van der Waals surface area contributed by atoms with E-state index < -0.39 is 5.41 Å². The molecule has 0 spiro atoms. The Kier molecular flexibility index (Phi) is 4.65. The lowest BCUT2D eigenvalue weighted by Gasteiger charge is -2.27. The molecular formula is C19H19Br2NO. The minimum Gasteiger partial charge on any atom is -0.333 e. The van der Waals surface area contributed by atoms with Crippen molar-refractivity contribution in [2.45, 2.75) is 29.7 Å². The molecule has 1 amide bonds. The van der Waals surface area contributed by atoms with E-state index in [2.05, 4.69) is 56.1 Å². The van der Waals surface area contributed by atoms with Crippen molar-refractivity contribution >= 4 is 37.8 Å². The van der Waals surface area contributed by atoms with E-state index >= 15 is 0 Å². The summed E-state index contributed by atoms with van der Waals surface area (Å²) in [7, 11) is 0. The molecule has 0 unspecified atom stereocenters. The van der Waals surface area contributed by atoms with E-state index in [4.69, 9.17) is 0 Å². The largest absolute Gasteiger partial charge is 0.333 e. The molecular weight excluding hydrogens is 418 g/mol. The normalized spacial score (nSPS) is 21.7. The first-order chi connectivity index (χ1) is 10.9. The molecule has 1 saturated carbocycles. The van der Waals surface area contributed by atoms with Crippen molar-refractivity contribution in [2.75, 3.05) is 0 Å². The number of nitrogens with zero attached hydrogens (tertiary/aromatic N) is 1. The summed E-state index contributed by atoms with van der Waals surface area (Å²) in [5, 5.41) is 0. The highest BCUT2D eigenvalue weighted by atomic mass is 79.9. The van der Waals surface area contributed by atoms with Crippen LogP contribution < -0.4 is 0 Å². The summed E-state index contributed by atoms with van der Waals surface area (Å²) in [6, 6.07) is 20.3. The van der Waals surface area contributed by atoms with Gasteiger partial charge in [0.2, 0.25) is 5.91 Å². The molecule has 0 saturated heterocycles. The number of hydrogen-bond acceptors (Lipinski definition) is 1. The minimum atomic E-state index is -0.392. The van der Waals surface area contributed by atoms with Gasteiger partial charge < -0.3 is 4.90 Å². The molecule has 0 N–H and O–H groups in total. The Labute approximate surface area is 154 Å². The summed E-state index contributed by atoms with van der Waals surface area (Å²) in [6.45, 7) is 3.27. The van der Waals surface area contributed by atoms with Crippen LogP contribution in [0.25, 0.3) is 0 Å². The molecule has 2 nitrogen and oxygen atoms in total. The zero-order valence-electron chi connectivity index (χ0n) is 13.0. The summed E-state index contributed by atoms with van der Waals surface area (Å²) in [5.41, 5.74) is 1.91. The first-order valence-electron chi connectivity index (χ1n) is 7.67. The van der Waals surface area contributed by atoms with E-state index in [9.17, 15) is 4.79 Å². The van der Waals surface area contributed by atoms with Gasteiger partial charge in [0.1, 0.15) is 0 Å². The lowest BCUT2D eigenvalue weighted by molar-refractivity contribution is -0.137. The van der Waals surface area contributed by atoms with E-state index in [1.165, 1.54) is 0 Å². The summed E-state index contributed by atoms with van der Waals surface area (Å²) in [6.07, 6.45) is 0.804. The van der Waals surface area contributed by atoms with Crippen molar-refractivity contribution < 1.29 is 4.79 Å². The number of alkyl halides is 2. The average molecular weight is 437 g/mol. The van der Waals surface area contributed by atoms with Gasteiger partial charge in [0.25, 0.3) is 0 Å². The molecule has 1 aliphatic carbocycles. The molecule has 3 rings (SSSR count). The molecule has 1 fully saturated rings. The van der Waals surface area contributed by atoms with Gasteiger partial charge in [-0.25, -0.2) is 0 Å². The van der Waals surface area contributed by atoms with Gasteiger partial charge in [-0.1, -0.05) is 92.5 Å². The van der Waals surface area contributed by atoms with Crippen LogP contribution in [0.5, 0.6) is 0 Å². The van der Waals surface area contributed by atoms with Crippen molar-refractivity contribution in [3.63, 3.8) is 0 Å². The average Bonchev–Trinajstić information content (AvgIpc) is 3.07. The minimum absolute atomic E-state index is 0.180. The molecule has 4 heteroatoms. The van der Waals surface area contributed by atoms with Crippen LogP contribution in [-0.2, 0) is 17.9 Å². The van der Waals surface area contributed by atoms with Crippen molar-refractivity contribution in [1.82, 2.24) is 4.90 Å². The Bertz CT molecular complexity index is 646. The fraction of sp³-hybridized carbons (Fsp3) is 0.316. The van der Waals surface area contributed by atoms with Crippen molar-refractivity contribution in [3.05, 3.63) is 71.8 Å². The monoisotopic (exact) mass is 435 g/mol. The Morgan fingerprint density at radius 2 is 1.35 bits per heavy atom. The van der Waals surface area contributed by atoms with Gasteiger partial charge in [0.15, 0.2) is 0 Å². The third-order valence-electron chi connectivity index (χ3n) is 4.45. The zero-order valence-corrected chi connectivity index (χ0v) is 16.2. The van der Waals surface area contributed by atoms with Gasteiger partial charge in [0.05, 0.1) is 8.65 Å². The summed E-state index contributed by atoms with van der Waals surface area (Å²) >= 11 is 7.24. The molecule has 2 aromatic rings. The van der Waals surface area contributed by atoms with Crippen LogP contribution >= 0.6 is 31.9 Å². The summed E-state index contributed by atoms with van der Waals surface area (Å²) in [5.74, 6) is 0.180. The van der Waals surface area contributed by atoms with Gasteiger partial charge in [-0.3, -0.25) is 4.79 Å². The molecule has 0 aromatic heterocycles. The lowest BCUT2D eigenvalue weighted by atomic mass is 10.1. The van der Waals surface area contributed by atoms with Gasteiger partial charge >= 0.3 is 0 Å². The number of halogens is 2. The second-order valence-electron chi connectivity index (χ2n) is 6.35. The number of benzene rings is 2. The quantitative estimate of drug-likeness (QED) is 0.596. The predicted molar refractivity (Wildman–Crippen MR) is 100 cm³/mol. The van der Waals surface area contributed by atoms with Crippen LogP contribution in [0.4, 0.5) is 0 Å². The van der Waals surface area contributed by atoms with Crippen LogP contribution in [0.15, 0.2) is 60.7 Å². The van der Waals surface area contributed by atoms with Gasteiger partial charge in [0, 0.05) is 13.1 Å². The number of rotatable bonds is 5. The Balaban J connectivity index is 1.83. The van der Waals surface area contributed by atoms with Gasteiger partial charge in [-0.15, -0.1) is 0 Å². The highest BCUT2D eigenvalue weighted by molar-refractivity contribution is 9.25. The first-order valence-corrected chi connectivity index (χ1v) is 9.26. The number of hydrogen-bond donors (Lipinski definition) is 0. The highest BCUT2D eigenvalue weighted by Gasteiger charge is 2.67. The van der Waals surface area contributed by atoms with E-state index in [-0.39, 0.29) is 9.14 Å². The van der Waals surface area contributed by atoms with Gasteiger partial charge in [-0.2, -0.15) is 0 Å². The number of amides is 1. The Morgan fingerprint density at radius 3 is 1.70 bits per heavy atom. The second-order valence-corrected chi connectivity index (χ2v) is 10.1. The van der Waals surface area contributed by atoms with Crippen molar-refractivity contribution in [2.24, 2.45) is 5.41 Å². The van der Waals surface area contributed by atoms with Crippen LogP contribution in [0, 0.1) is 5.41 Å². The van der Waals surface area contributed by atoms with Crippen LogP contribution in [0.2, 0.25) is 0 Å². The Hall–Kier alpha value is -1.13. The lowest BCUT2D eigenvalue weighted by Crippen LogP contribution is -2.37. The standard InChI is InChI=1S/C19H19Br2NO/c1-18(14-19(18,20)21)17(23)22(12-15-8-4-2-5-9-15)13-16-10-6-3-7-11-16/h2-11H,12-14H2,1H3/t18-/m1/s1. The maximum Gasteiger partial charge on any atom is 0.231 e. The molecule has 23 heavy (non-hydrogen) atoms. The Morgan fingerprint density at radius 1 is 0.957 bits per heavy atom. The zero-order chi connectivity index (χ0) is 16.5. The smallest absolute Gasteiger partial charge is 0.231 e. The third kappa shape index (κ3) is 3.53. The van der Waals surface area contributed by atoms with Crippen molar-refractivity contribution in [1.29, 1.82) is 0 Å². The number of carbonyl (C=O) groups is 1. The van der Waals surface area contributed by atoms with E-state index in [1.807, 2.05) is 48.2 Å². The van der Waals surface area contributed by atoms with Crippen molar-refractivity contribution in [3.8, 4) is 0 Å². The molecule has 1 aliphatic rings. The fourth-order valence-electron chi connectivity index (χ4n) is 2.79. The molecule has 0 bridgehead atoms. The maximum absolute atomic E-state index is 13.1. The van der Waals surface area contributed by atoms with Crippen LogP contribution in [-0.4, -0.2) is 14.0 Å². The number of carbonyl (C=O) groups excluding carboxylic acids is 1. The highest BCUT2D eigenvalue weighted by Crippen LogP contribution is 2.67. The fourth-order valence-corrected chi connectivity index (χ4v) is 4.25. The SMILES string of the molecule is C[C@]1(C(=O)N(Cc2ccccc2)Cc2ccccc2)CC1(Br)Br. The second kappa shape index (κ2) is 6.40. The molecule has 120 valence electrons. The van der Waals surface area contributed by atoms with E-state index in [1.54, 1.807) is 0 Å². The maximum atomic E-state index is 13.1. The van der Waals surface area contributed by atoms with Gasteiger partial charge in [-0.05, 0) is 24.5 Å². The molecule has 2 aromatic carbocycles. The molecule has 0 heterocycles. The predicted octanol–water partition coefficient (Wildman–Crippen LogP) is 5.11. The van der Waals surface area contributed by atoms with Crippen LogP contribution in [0.1, 0.15) is 24.5 Å².